The molecule has 0 aliphatic heterocycles. The highest BCUT2D eigenvalue weighted by Gasteiger charge is 2.30. The molecule has 28 heavy (non-hydrogen) atoms. The van der Waals surface area contributed by atoms with Gasteiger partial charge in [0, 0.05) is 10.9 Å². The van der Waals surface area contributed by atoms with E-state index in [1.165, 1.54) is 35.6 Å². The van der Waals surface area contributed by atoms with Crippen molar-refractivity contribution in [3.05, 3.63) is 69.0 Å². The molecule has 9 heteroatoms. The summed E-state index contributed by atoms with van der Waals surface area (Å²) in [6.07, 6.45) is -4.74. The van der Waals surface area contributed by atoms with Crippen LogP contribution in [0.2, 0.25) is 10.0 Å². The Kier molecular flexibility index (Phi) is 6.04. The van der Waals surface area contributed by atoms with Gasteiger partial charge < -0.3 is 9.47 Å². The van der Waals surface area contributed by atoms with Crippen LogP contribution >= 0.6 is 34.5 Å². The van der Waals surface area contributed by atoms with E-state index in [1.54, 1.807) is 23.6 Å². The van der Waals surface area contributed by atoms with E-state index in [-0.39, 0.29) is 12.4 Å². The summed E-state index contributed by atoms with van der Waals surface area (Å²) < 4.78 is 46.1. The minimum atomic E-state index is -4.74. The minimum Gasteiger partial charge on any atom is -0.478 e. The van der Waals surface area contributed by atoms with Gasteiger partial charge in [-0.3, -0.25) is 0 Å². The molecule has 0 saturated heterocycles. The summed E-state index contributed by atoms with van der Waals surface area (Å²) in [6, 6.07) is 12.5. The van der Waals surface area contributed by atoms with Crippen LogP contribution in [0.3, 0.4) is 0 Å². The van der Waals surface area contributed by atoms with Gasteiger partial charge in [-0.1, -0.05) is 41.4 Å². The zero-order chi connectivity index (χ0) is 20.3. The van der Waals surface area contributed by atoms with E-state index in [4.69, 9.17) is 27.9 Å². The number of ether oxygens (including phenoxy) is 2. The largest absolute Gasteiger partial charge is 0.573 e. The van der Waals surface area contributed by atoms with Crippen LogP contribution in [0.15, 0.2) is 47.8 Å². The fraction of sp³-hybridized carbons (Fsp3) is 0.105. The topological polar surface area (TPSA) is 42.2 Å². The summed E-state index contributed by atoms with van der Waals surface area (Å²) in [6.45, 7) is 0.0856. The molecule has 2 aromatic carbocycles. The summed E-state index contributed by atoms with van der Waals surface area (Å²) in [7, 11) is 0. The normalized spacial score (nSPS) is 11.1. The van der Waals surface area contributed by atoms with Gasteiger partial charge in [0.15, 0.2) is 5.06 Å². The maximum Gasteiger partial charge on any atom is 0.573 e. The third kappa shape index (κ3) is 4.90. The van der Waals surface area contributed by atoms with E-state index in [0.717, 1.165) is 5.56 Å². The van der Waals surface area contributed by atoms with Crippen molar-refractivity contribution < 1.29 is 22.6 Å². The van der Waals surface area contributed by atoms with Gasteiger partial charge in [-0.25, -0.2) is 0 Å². The summed E-state index contributed by atoms with van der Waals surface area (Å²) in [5.74, 6) is -0.313. The number of thiophene rings is 1. The molecule has 3 rings (SSSR count). The first-order valence-corrected chi connectivity index (χ1v) is 9.35. The predicted molar refractivity (Wildman–Crippen MR) is 102 cm³/mol. The van der Waals surface area contributed by atoms with E-state index >= 15 is 0 Å². The van der Waals surface area contributed by atoms with Crippen LogP contribution in [-0.4, -0.2) is 6.36 Å². The summed E-state index contributed by atoms with van der Waals surface area (Å²) >= 11 is 13.2. The van der Waals surface area contributed by atoms with E-state index in [2.05, 4.69) is 10.8 Å². The SMILES string of the molecule is N#Cc1c(-c2ccc(Cl)c(Cl)c2)csc1OCc1ccc(OC(F)(F)F)cc1. The maximum atomic E-state index is 12.2. The molecular weight excluding hydrogens is 434 g/mol. The lowest BCUT2D eigenvalue weighted by atomic mass is 10.1. The zero-order valence-corrected chi connectivity index (χ0v) is 16.2. The fourth-order valence-electron chi connectivity index (χ4n) is 2.36. The Balaban J connectivity index is 1.74. The zero-order valence-electron chi connectivity index (χ0n) is 13.9. The molecule has 0 aliphatic rings. The van der Waals surface area contributed by atoms with Crippen LogP contribution in [0.5, 0.6) is 10.8 Å². The highest BCUT2D eigenvalue weighted by molar-refractivity contribution is 7.12. The third-order valence-electron chi connectivity index (χ3n) is 3.63. The Morgan fingerprint density at radius 2 is 1.75 bits per heavy atom. The van der Waals surface area contributed by atoms with E-state index < -0.39 is 6.36 Å². The Labute approximate surface area is 172 Å². The maximum absolute atomic E-state index is 12.2. The smallest absolute Gasteiger partial charge is 0.478 e. The van der Waals surface area contributed by atoms with Gasteiger partial charge in [0.05, 0.1) is 10.0 Å². The van der Waals surface area contributed by atoms with Crippen molar-refractivity contribution in [3.8, 4) is 28.0 Å². The summed E-state index contributed by atoms with van der Waals surface area (Å²) in [4.78, 5) is 0. The molecule has 3 nitrogen and oxygen atoms in total. The first kappa shape index (κ1) is 20.3. The molecule has 144 valence electrons. The van der Waals surface area contributed by atoms with Crippen molar-refractivity contribution in [2.24, 2.45) is 0 Å². The van der Waals surface area contributed by atoms with Gasteiger partial charge >= 0.3 is 6.36 Å². The van der Waals surface area contributed by atoms with Crippen molar-refractivity contribution in [3.63, 3.8) is 0 Å². The fourth-order valence-corrected chi connectivity index (χ4v) is 3.54. The molecule has 0 amide bonds. The number of halogens is 5. The summed E-state index contributed by atoms with van der Waals surface area (Å²) in [5, 5.41) is 12.5. The van der Waals surface area contributed by atoms with Crippen LogP contribution in [0.25, 0.3) is 11.1 Å². The first-order valence-electron chi connectivity index (χ1n) is 7.71. The lowest BCUT2D eigenvalue weighted by Crippen LogP contribution is -2.17. The van der Waals surface area contributed by atoms with Gasteiger partial charge in [-0.2, -0.15) is 5.26 Å². The molecule has 0 bridgehead atoms. The van der Waals surface area contributed by atoms with Crippen LogP contribution in [0, 0.1) is 11.3 Å². The lowest BCUT2D eigenvalue weighted by Gasteiger charge is -2.09. The number of alkyl halides is 3. The minimum absolute atomic E-state index is 0.0856. The van der Waals surface area contributed by atoms with Gasteiger partial charge in [0.2, 0.25) is 0 Å². The van der Waals surface area contributed by atoms with Crippen molar-refractivity contribution >= 4 is 34.5 Å². The Morgan fingerprint density at radius 1 is 1.04 bits per heavy atom. The summed E-state index contributed by atoms with van der Waals surface area (Å²) in [5.41, 5.74) is 2.36. The van der Waals surface area contributed by atoms with Gasteiger partial charge in [-0.05, 0) is 35.4 Å². The van der Waals surface area contributed by atoms with Crippen LogP contribution in [-0.2, 0) is 6.61 Å². The molecule has 0 spiro atoms. The van der Waals surface area contributed by atoms with Crippen molar-refractivity contribution in [1.29, 1.82) is 5.26 Å². The Morgan fingerprint density at radius 3 is 2.36 bits per heavy atom. The van der Waals surface area contributed by atoms with Crippen molar-refractivity contribution in [1.82, 2.24) is 0 Å². The Bertz CT molecular complexity index is 1030. The third-order valence-corrected chi connectivity index (χ3v) is 5.26. The van der Waals surface area contributed by atoms with Gasteiger partial charge in [-0.15, -0.1) is 24.5 Å². The number of hydrogen-bond donors (Lipinski definition) is 0. The monoisotopic (exact) mass is 443 g/mol. The van der Waals surface area contributed by atoms with E-state index in [9.17, 15) is 18.4 Å². The molecule has 3 aromatic rings. The molecule has 1 aromatic heterocycles. The van der Waals surface area contributed by atoms with Crippen LogP contribution < -0.4 is 9.47 Å². The standard InChI is InChI=1S/C19H10Cl2F3NO2S/c20-16-6-3-12(7-17(16)21)15-10-28-18(14(15)8-25)26-9-11-1-4-13(5-2-11)27-19(22,23)24/h1-7,10H,9H2. The molecular formula is C19H10Cl2F3NO2S. The van der Waals surface area contributed by atoms with E-state index in [1.807, 2.05) is 0 Å². The number of hydrogen-bond acceptors (Lipinski definition) is 4. The average Bonchev–Trinajstić information content (AvgIpc) is 3.05. The molecule has 0 aliphatic carbocycles. The van der Waals surface area contributed by atoms with Gasteiger partial charge in [0.25, 0.3) is 0 Å². The van der Waals surface area contributed by atoms with Gasteiger partial charge in [0.1, 0.15) is 24.0 Å². The second-order valence-electron chi connectivity index (χ2n) is 5.53. The molecule has 0 atom stereocenters. The van der Waals surface area contributed by atoms with Crippen molar-refractivity contribution in [2.75, 3.05) is 0 Å². The predicted octanol–water partition coefficient (Wildman–Crippen LogP) is 7.07. The average molecular weight is 444 g/mol. The van der Waals surface area contributed by atoms with Crippen molar-refractivity contribution in [2.45, 2.75) is 13.0 Å². The number of rotatable bonds is 5. The Hall–Kier alpha value is -2.40. The number of nitrogens with zero attached hydrogens (tertiary/aromatic N) is 1. The van der Waals surface area contributed by atoms with E-state index in [0.29, 0.717) is 31.8 Å². The number of benzene rings is 2. The molecule has 0 radical (unpaired) electrons. The highest BCUT2D eigenvalue weighted by atomic mass is 35.5. The quantitative estimate of drug-likeness (QED) is 0.423. The molecule has 0 saturated carbocycles. The van der Waals surface area contributed by atoms with Crippen LogP contribution in [0.1, 0.15) is 11.1 Å². The number of nitriles is 1. The second kappa shape index (κ2) is 8.31. The van der Waals surface area contributed by atoms with Crippen LogP contribution in [0.4, 0.5) is 13.2 Å². The second-order valence-corrected chi connectivity index (χ2v) is 7.19. The lowest BCUT2D eigenvalue weighted by molar-refractivity contribution is -0.274. The molecule has 0 fully saturated rings. The highest BCUT2D eigenvalue weighted by Crippen LogP contribution is 2.39. The first-order chi connectivity index (χ1) is 13.3. The molecule has 0 N–H and O–H groups in total. The molecule has 0 unspecified atom stereocenters. The molecule has 1 heterocycles.